The van der Waals surface area contributed by atoms with Crippen LogP contribution in [0.2, 0.25) is 0 Å². The Morgan fingerprint density at radius 1 is 1.19 bits per heavy atom. The molecule has 11 heteroatoms. The van der Waals surface area contributed by atoms with Gasteiger partial charge in [-0.1, -0.05) is 0 Å². The second kappa shape index (κ2) is 9.24. The number of piperazine rings is 1. The van der Waals surface area contributed by atoms with Gasteiger partial charge in [0, 0.05) is 66.8 Å². The zero-order valence-corrected chi connectivity index (χ0v) is 20.9. The Labute approximate surface area is 212 Å². The van der Waals surface area contributed by atoms with Crippen LogP contribution in [0.15, 0.2) is 36.7 Å². The molecule has 0 radical (unpaired) electrons. The molecule has 2 aromatic heterocycles. The Morgan fingerprint density at radius 2 is 1.97 bits per heavy atom. The van der Waals surface area contributed by atoms with Crippen LogP contribution in [0, 0.1) is 5.82 Å². The summed E-state index contributed by atoms with van der Waals surface area (Å²) in [7, 11) is 1.72. The van der Waals surface area contributed by atoms with Crippen LogP contribution in [0.3, 0.4) is 0 Å². The van der Waals surface area contributed by atoms with Gasteiger partial charge < -0.3 is 25.0 Å². The first-order chi connectivity index (χ1) is 17.8. The summed E-state index contributed by atoms with van der Waals surface area (Å²) in [6.45, 7) is 6.88. The highest BCUT2D eigenvalue weighted by Gasteiger charge is 2.26. The first kappa shape index (κ1) is 23.6. The average molecular weight is 506 g/mol. The fourth-order valence-electron chi connectivity index (χ4n) is 5.04. The standard InChI is InChI=1S/C26H28FN7O3/c1-14-9-34(10-15(2)29-14)22-5-4-19(24-20(22)8-28-26(31-24)37-18-12-36-13-18)25(35)30-17-6-16-11-33(3)32-23(16)21(27)7-17/h4-8,11,14-15,18,29H,9-10,12-13H2,1-3H3,(H,30,35). The number of ether oxygens (including phenoxy) is 2. The van der Waals surface area contributed by atoms with E-state index >= 15 is 0 Å². The Balaban J connectivity index is 1.39. The number of carbonyl (C=O) groups is 1. The smallest absolute Gasteiger partial charge is 0.317 e. The predicted molar refractivity (Wildman–Crippen MR) is 138 cm³/mol. The molecule has 4 aromatic rings. The van der Waals surface area contributed by atoms with E-state index in [1.807, 2.05) is 6.07 Å². The Kier molecular flexibility index (Phi) is 5.88. The van der Waals surface area contributed by atoms with E-state index in [1.54, 1.807) is 31.6 Å². The molecule has 2 unspecified atom stereocenters. The lowest BCUT2D eigenvalue weighted by Gasteiger charge is -2.38. The number of rotatable bonds is 5. The van der Waals surface area contributed by atoms with Crippen molar-refractivity contribution in [3.8, 4) is 6.01 Å². The summed E-state index contributed by atoms with van der Waals surface area (Å²) < 4.78 is 27.2. The Hall–Kier alpha value is -3.83. The molecular formula is C26H28FN7O3. The van der Waals surface area contributed by atoms with Crippen molar-refractivity contribution in [3.63, 3.8) is 0 Å². The molecule has 2 N–H and O–H groups in total. The van der Waals surface area contributed by atoms with E-state index in [9.17, 15) is 9.18 Å². The normalized spacial score (nSPS) is 20.3. The van der Waals surface area contributed by atoms with Crippen molar-refractivity contribution in [1.29, 1.82) is 0 Å². The molecule has 0 saturated carbocycles. The van der Waals surface area contributed by atoms with E-state index < -0.39 is 11.7 Å². The number of hydrogen-bond acceptors (Lipinski definition) is 8. The molecule has 0 spiro atoms. The molecule has 2 fully saturated rings. The number of fused-ring (bicyclic) bond motifs is 2. The molecular weight excluding hydrogens is 477 g/mol. The van der Waals surface area contributed by atoms with Crippen molar-refractivity contribution >= 4 is 39.1 Å². The van der Waals surface area contributed by atoms with Crippen molar-refractivity contribution in [3.05, 3.63) is 48.0 Å². The topological polar surface area (TPSA) is 106 Å². The number of carbonyl (C=O) groups excluding carboxylic acids is 1. The number of halogens is 1. The van der Waals surface area contributed by atoms with Crippen LogP contribution >= 0.6 is 0 Å². The maximum absolute atomic E-state index is 14.6. The molecule has 192 valence electrons. The van der Waals surface area contributed by atoms with Gasteiger partial charge in [0.1, 0.15) is 11.6 Å². The second-order valence-corrected chi connectivity index (χ2v) is 9.85. The van der Waals surface area contributed by atoms with E-state index in [0.29, 0.717) is 47.5 Å². The van der Waals surface area contributed by atoms with Gasteiger partial charge >= 0.3 is 6.01 Å². The maximum atomic E-state index is 14.6. The molecule has 0 aliphatic carbocycles. The fraction of sp³-hybridized carbons (Fsp3) is 0.385. The zero-order chi connectivity index (χ0) is 25.7. The summed E-state index contributed by atoms with van der Waals surface area (Å²) in [5.41, 5.74) is 2.36. The number of nitrogens with one attached hydrogen (secondary N) is 2. The number of aromatic nitrogens is 4. The SMILES string of the molecule is CC1CN(c2ccc(C(=O)Nc3cc(F)c4nn(C)cc4c3)c3nc(OC4COC4)ncc23)CC(C)N1. The summed E-state index contributed by atoms with van der Waals surface area (Å²) in [5.74, 6) is -0.908. The minimum Gasteiger partial charge on any atom is -0.455 e. The van der Waals surface area contributed by atoms with Crippen LogP contribution in [0.1, 0.15) is 24.2 Å². The molecule has 2 aromatic carbocycles. The van der Waals surface area contributed by atoms with E-state index in [4.69, 9.17) is 9.47 Å². The molecule has 37 heavy (non-hydrogen) atoms. The lowest BCUT2D eigenvalue weighted by atomic mass is 10.0. The van der Waals surface area contributed by atoms with E-state index in [0.717, 1.165) is 24.2 Å². The molecule has 2 atom stereocenters. The molecule has 0 bridgehead atoms. The highest BCUT2D eigenvalue weighted by Crippen LogP contribution is 2.32. The molecule has 2 saturated heterocycles. The van der Waals surface area contributed by atoms with E-state index in [-0.39, 0.29) is 17.6 Å². The van der Waals surface area contributed by atoms with Crippen LogP contribution in [0.5, 0.6) is 6.01 Å². The highest BCUT2D eigenvalue weighted by atomic mass is 19.1. The first-order valence-electron chi connectivity index (χ1n) is 12.3. The molecule has 6 rings (SSSR count). The van der Waals surface area contributed by atoms with Gasteiger partial charge in [-0.15, -0.1) is 0 Å². The lowest BCUT2D eigenvalue weighted by molar-refractivity contribution is -0.0830. The predicted octanol–water partition coefficient (Wildman–Crippen LogP) is 2.87. The van der Waals surface area contributed by atoms with Crippen molar-refractivity contribution in [2.24, 2.45) is 7.05 Å². The molecule has 1 amide bonds. The molecule has 4 heterocycles. The van der Waals surface area contributed by atoms with E-state index in [1.165, 1.54) is 10.7 Å². The average Bonchev–Trinajstić information content (AvgIpc) is 3.20. The summed E-state index contributed by atoms with van der Waals surface area (Å²) in [6, 6.07) is 7.46. The largest absolute Gasteiger partial charge is 0.455 e. The molecule has 10 nitrogen and oxygen atoms in total. The minimum atomic E-state index is -0.503. The Morgan fingerprint density at radius 3 is 2.70 bits per heavy atom. The van der Waals surface area contributed by atoms with Crippen LogP contribution in [-0.4, -0.2) is 70.1 Å². The maximum Gasteiger partial charge on any atom is 0.317 e. The first-order valence-corrected chi connectivity index (χ1v) is 12.3. The molecule has 2 aliphatic rings. The van der Waals surface area contributed by atoms with Gasteiger partial charge in [0.25, 0.3) is 5.91 Å². The number of amides is 1. The van der Waals surface area contributed by atoms with Crippen LogP contribution in [0.25, 0.3) is 21.8 Å². The van der Waals surface area contributed by atoms with Crippen molar-refractivity contribution in [1.82, 2.24) is 25.1 Å². The summed E-state index contributed by atoms with van der Waals surface area (Å²) in [4.78, 5) is 24.8. The minimum absolute atomic E-state index is 0.109. The van der Waals surface area contributed by atoms with E-state index in [2.05, 4.69) is 44.4 Å². The van der Waals surface area contributed by atoms with Gasteiger partial charge in [-0.25, -0.2) is 9.37 Å². The van der Waals surface area contributed by atoms with Gasteiger partial charge in [0.2, 0.25) is 0 Å². The van der Waals surface area contributed by atoms with Gasteiger partial charge in [0.05, 0.1) is 24.3 Å². The van der Waals surface area contributed by atoms with Gasteiger partial charge in [-0.2, -0.15) is 10.1 Å². The monoisotopic (exact) mass is 505 g/mol. The number of aryl methyl sites for hydroxylation is 1. The highest BCUT2D eigenvalue weighted by molar-refractivity contribution is 6.14. The summed E-state index contributed by atoms with van der Waals surface area (Å²) in [5, 5.41) is 11.8. The second-order valence-electron chi connectivity index (χ2n) is 9.85. The lowest BCUT2D eigenvalue weighted by Crippen LogP contribution is -2.54. The third kappa shape index (κ3) is 4.56. The van der Waals surface area contributed by atoms with Crippen molar-refractivity contribution in [2.75, 3.05) is 36.5 Å². The molecule has 2 aliphatic heterocycles. The van der Waals surface area contributed by atoms with Crippen LogP contribution in [0.4, 0.5) is 15.8 Å². The van der Waals surface area contributed by atoms with Crippen molar-refractivity contribution in [2.45, 2.75) is 32.0 Å². The number of nitrogens with zero attached hydrogens (tertiary/aromatic N) is 5. The van der Waals surface area contributed by atoms with Crippen LogP contribution < -0.4 is 20.3 Å². The number of anilines is 2. The van der Waals surface area contributed by atoms with Gasteiger partial charge in [-0.05, 0) is 38.1 Å². The van der Waals surface area contributed by atoms with Gasteiger partial charge in [-0.3, -0.25) is 9.48 Å². The summed E-state index contributed by atoms with van der Waals surface area (Å²) in [6.07, 6.45) is 3.30. The van der Waals surface area contributed by atoms with Crippen LogP contribution in [-0.2, 0) is 11.8 Å². The third-order valence-corrected chi connectivity index (χ3v) is 6.66. The Bertz CT molecular complexity index is 1490. The quantitative estimate of drug-likeness (QED) is 0.427. The fourth-order valence-corrected chi connectivity index (χ4v) is 5.04. The zero-order valence-electron chi connectivity index (χ0n) is 20.9. The third-order valence-electron chi connectivity index (χ3n) is 6.66. The number of benzene rings is 2. The van der Waals surface area contributed by atoms with Crippen molar-refractivity contribution < 1.29 is 18.7 Å². The summed E-state index contributed by atoms with van der Waals surface area (Å²) >= 11 is 0. The number of hydrogen-bond donors (Lipinski definition) is 2. The van der Waals surface area contributed by atoms with Gasteiger partial charge in [0.15, 0.2) is 5.82 Å².